The summed E-state index contributed by atoms with van der Waals surface area (Å²) < 4.78 is 11.8. The van der Waals surface area contributed by atoms with Gasteiger partial charge >= 0.3 is 5.97 Å². The number of methoxy groups -OCH3 is 1. The molecule has 0 N–H and O–H groups in total. The van der Waals surface area contributed by atoms with Crippen LogP contribution in [0, 0.1) is 6.92 Å². The van der Waals surface area contributed by atoms with E-state index in [9.17, 15) is 9.59 Å². The topological polar surface area (TPSA) is 57.5 Å². The lowest BCUT2D eigenvalue weighted by atomic mass is 10.1. The van der Waals surface area contributed by atoms with Gasteiger partial charge in [-0.15, -0.1) is 0 Å². The average molecular weight is 289 g/mol. The van der Waals surface area contributed by atoms with Crippen LogP contribution in [0.25, 0.3) is 10.9 Å². The number of carbonyl (C=O) groups excluding carboxylic acids is 1. The lowest BCUT2D eigenvalue weighted by Gasteiger charge is -2.19. The first-order chi connectivity index (χ1) is 10.0. The minimum atomic E-state index is -0.711. The molecule has 0 radical (unpaired) electrons. The molecule has 5 nitrogen and oxygen atoms in total. The number of aryl methyl sites for hydroxylation is 1. The number of para-hydroxylation sites is 1. The molecular weight excluding hydrogens is 270 g/mol. The summed E-state index contributed by atoms with van der Waals surface area (Å²) in [5.74, 6) is 0.125. The van der Waals surface area contributed by atoms with E-state index in [0.29, 0.717) is 11.3 Å². The molecule has 0 aliphatic rings. The van der Waals surface area contributed by atoms with Crippen LogP contribution in [0.15, 0.2) is 29.1 Å². The van der Waals surface area contributed by atoms with E-state index in [4.69, 9.17) is 9.47 Å². The fourth-order valence-electron chi connectivity index (χ4n) is 2.45. The number of esters is 1. The second kappa shape index (κ2) is 5.99. The molecule has 2 rings (SSSR count). The van der Waals surface area contributed by atoms with Crippen LogP contribution >= 0.6 is 0 Å². The predicted octanol–water partition coefficient (Wildman–Crippen LogP) is 2.44. The molecule has 0 saturated carbocycles. The summed E-state index contributed by atoms with van der Waals surface area (Å²) in [4.78, 5) is 24.4. The van der Waals surface area contributed by atoms with E-state index in [1.807, 2.05) is 19.1 Å². The molecule has 0 spiro atoms. The van der Waals surface area contributed by atoms with Crippen molar-refractivity contribution in [3.05, 3.63) is 40.2 Å². The van der Waals surface area contributed by atoms with Crippen LogP contribution in [0.3, 0.4) is 0 Å². The zero-order chi connectivity index (χ0) is 15.6. The molecule has 1 heterocycles. The number of rotatable bonds is 4. The lowest BCUT2D eigenvalue weighted by Crippen LogP contribution is -2.29. The highest BCUT2D eigenvalue weighted by Crippen LogP contribution is 2.28. The highest BCUT2D eigenvalue weighted by molar-refractivity contribution is 5.89. The van der Waals surface area contributed by atoms with Crippen molar-refractivity contribution in [2.75, 3.05) is 13.7 Å². The fourth-order valence-corrected chi connectivity index (χ4v) is 2.45. The quantitative estimate of drug-likeness (QED) is 0.811. The largest absolute Gasteiger partial charge is 0.495 e. The van der Waals surface area contributed by atoms with Crippen LogP contribution in [0.1, 0.15) is 25.5 Å². The third-order valence-corrected chi connectivity index (χ3v) is 3.48. The molecule has 0 aliphatic heterocycles. The number of benzene rings is 1. The second-order valence-corrected chi connectivity index (χ2v) is 4.82. The third-order valence-electron chi connectivity index (χ3n) is 3.48. The van der Waals surface area contributed by atoms with Crippen molar-refractivity contribution in [3.8, 4) is 5.75 Å². The number of nitrogens with zero attached hydrogens (tertiary/aromatic N) is 1. The van der Waals surface area contributed by atoms with Crippen molar-refractivity contribution >= 4 is 16.9 Å². The average Bonchev–Trinajstić information content (AvgIpc) is 2.46. The standard InChI is InChI=1S/C16H19NO4/c1-5-21-16(19)11(3)17-14(18)9-10(2)12-7-6-8-13(20-4)15(12)17/h6-9,11H,5H2,1-4H3. The van der Waals surface area contributed by atoms with E-state index in [0.717, 1.165) is 10.9 Å². The van der Waals surface area contributed by atoms with Crippen LogP contribution < -0.4 is 10.3 Å². The summed E-state index contributed by atoms with van der Waals surface area (Å²) in [7, 11) is 1.54. The molecule has 1 unspecified atom stereocenters. The van der Waals surface area contributed by atoms with Crippen molar-refractivity contribution in [1.82, 2.24) is 4.57 Å². The van der Waals surface area contributed by atoms with Gasteiger partial charge in [-0.05, 0) is 32.4 Å². The number of hydrogen-bond donors (Lipinski definition) is 0. The monoisotopic (exact) mass is 289 g/mol. The minimum Gasteiger partial charge on any atom is -0.495 e. The molecule has 0 saturated heterocycles. The van der Waals surface area contributed by atoms with Crippen LogP contribution in [-0.2, 0) is 9.53 Å². The Morgan fingerprint density at radius 2 is 2.10 bits per heavy atom. The van der Waals surface area contributed by atoms with Gasteiger partial charge in [0.05, 0.1) is 19.2 Å². The van der Waals surface area contributed by atoms with Gasteiger partial charge in [0.1, 0.15) is 11.8 Å². The molecule has 0 aliphatic carbocycles. The molecule has 5 heteroatoms. The van der Waals surface area contributed by atoms with Gasteiger partial charge in [-0.1, -0.05) is 12.1 Å². The van der Waals surface area contributed by atoms with Gasteiger partial charge in [0.2, 0.25) is 0 Å². The van der Waals surface area contributed by atoms with E-state index in [2.05, 4.69) is 0 Å². The first-order valence-corrected chi connectivity index (χ1v) is 6.86. The van der Waals surface area contributed by atoms with Crippen molar-refractivity contribution in [2.24, 2.45) is 0 Å². The Bertz CT molecular complexity index is 733. The molecule has 1 atom stereocenters. The number of fused-ring (bicyclic) bond motifs is 1. The van der Waals surface area contributed by atoms with Crippen LogP contribution in [0.4, 0.5) is 0 Å². The van der Waals surface area contributed by atoms with E-state index in [1.165, 1.54) is 10.6 Å². The zero-order valence-electron chi connectivity index (χ0n) is 12.7. The van der Waals surface area contributed by atoms with E-state index in [1.54, 1.807) is 27.0 Å². The second-order valence-electron chi connectivity index (χ2n) is 4.82. The molecule has 2 aromatic rings. The Balaban J connectivity index is 2.78. The van der Waals surface area contributed by atoms with E-state index in [-0.39, 0.29) is 12.2 Å². The Kier molecular flexibility index (Phi) is 4.31. The highest BCUT2D eigenvalue weighted by atomic mass is 16.5. The molecule has 0 bridgehead atoms. The van der Waals surface area contributed by atoms with E-state index < -0.39 is 12.0 Å². The molecule has 0 fully saturated rings. The van der Waals surface area contributed by atoms with E-state index >= 15 is 0 Å². The zero-order valence-corrected chi connectivity index (χ0v) is 12.7. The Hall–Kier alpha value is -2.30. The highest BCUT2D eigenvalue weighted by Gasteiger charge is 2.22. The SMILES string of the molecule is CCOC(=O)C(C)n1c(=O)cc(C)c2cccc(OC)c21. The summed E-state index contributed by atoms with van der Waals surface area (Å²) in [5.41, 5.74) is 1.22. The first kappa shape index (κ1) is 15.1. The summed E-state index contributed by atoms with van der Waals surface area (Å²) in [6.07, 6.45) is 0. The Morgan fingerprint density at radius 3 is 2.71 bits per heavy atom. The summed E-state index contributed by atoms with van der Waals surface area (Å²) >= 11 is 0. The maximum absolute atomic E-state index is 12.4. The summed E-state index contributed by atoms with van der Waals surface area (Å²) in [6.45, 7) is 5.53. The molecule has 1 aromatic heterocycles. The lowest BCUT2D eigenvalue weighted by molar-refractivity contribution is -0.146. The van der Waals surface area contributed by atoms with Crippen LogP contribution in [-0.4, -0.2) is 24.3 Å². The van der Waals surface area contributed by atoms with Crippen LogP contribution in [0.2, 0.25) is 0 Å². The molecule has 112 valence electrons. The number of aromatic nitrogens is 1. The summed E-state index contributed by atoms with van der Waals surface area (Å²) in [5, 5.41) is 0.880. The normalized spacial score (nSPS) is 12.2. The smallest absolute Gasteiger partial charge is 0.328 e. The van der Waals surface area contributed by atoms with Gasteiger partial charge < -0.3 is 9.47 Å². The van der Waals surface area contributed by atoms with Gasteiger partial charge in [-0.25, -0.2) is 4.79 Å². The number of ether oxygens (including phenoxy) is 2. The van der Waals surface area contributed by atoms with Crippen molar-refractivity contribution in [1.29, 1.82) is 0 Å². The number of carbonyl (C=O) groups is 1. The van der Waals surface area contributed by atoms with Crippen molar-refractivity contribution < 1.29 is 14.3 Å². The van der Waals surface area contributed by atoms with Crippen molar-refractivity contribution in [3.63, 3.8) is 0 Å². The van der Waals surface area contributed by atoms with Gasteiger partial charge in [0, 0.05) is 11.5 Å². The predicted molar refractivity (Wildman–Crippen MR) is 80.8 cm³/mol. The maximum Gasteiger partial charge on any atom is 0.328 e. The van der Waals surface area contributed by atoms with Gasteiger partial charge in [-0.2, -0.15) is 0 Å². The first-order valence-electron chi connectivity index (χ1n) is 6.86. The Labute approximate surface area is 123 Å². The number of pyridine rings is 1. The van der Waals surface area contributed by atoms with Gasteiger partial charge in [0.15, 0.2) is 0 Å². The molecule has 1 aromatic carbocycles. The van der Waals surface area contributed by atoms with Crippen molar-refractivity contribution in [2.45, 2.75) is 26.8 Å². The maximum atomic E-state index is 12.4. The Morgan fingerprint density at radius 1 is 1.38 bits per heavy atom. The minimum absolute atomic E-state index is 0.245. The van der Waals surface area contributed by atoms with Crippen LogP contribution in [0.5, 0.6) is 5.75 Å². The molecule has 21 heavy (non-hydrogen) atoms. The molecule has 0 amide bonds. The third kappa shape index (κ3) is 2.63. The summed E-state index contributed by atoms with van der Waals surface area (Å²) in [6, 6.07) is 6.35. The number of hydrogen-bond acceptors (Lipinski definition) is 4. The van der Waals surface area contributed by atoms with Gasteiger partial charge in [-0.3, -0.25) is 9.36 Å². The fraction of sp³-hybridized carbons (Fsp3) is 0.375. The van der Waals surface area contributed by atoms with Gasteiger partial charge in [0.25, 0.3) is 5.56 Å². The molecular formula is C16H19NO4.